The summed E-state index contributed by atoms with van der Waals surface area (Å²) in [6.45, 7) is 5.46. The van der Waals surface area contributed by atoms with E-state index >= 15 is 0 Å². The van der Waals surface area contributed by atoms with Crippen LogP contribution in [0.2, 0.25) is 0 Å². The lowest BCUT2D eigenvalue weighted by molar-refractivity contribution is -0.120. The fraction of sp³-hybridized carbons (Fsp3) is 0.200. The predicted molar refractivity (Wildman–Crippen MR) is 124 cm³/mol. The van der Waals surface area contributed by atoms with Gasteiger partial charge in [0.1, 0.15) is 11.4 Å². The Balaban J connectivity index is 1.81. The van der Waals surface area contributed by atoms with Gasteiger partial charge in [0.2, 0.25) is 0 Å². The standard InChI is InChI=1S/C25H24N2O3S/c1-3-26(17-18-11-6-5-7-12-18)23-22(21-15-10-16-31-21)24(28)27(25(23)29)19-13-8-9-14-20(19)30-4-2/h5-16H,3-4,17H2,1-2H3. The first-order chi connectivity index (χ1) is 15.2. The number of nitrogens with zero attached hydrogens (tertiary/aromatic N) is 2. The Morgan fingerprint density at radius 1 is 0.903 bits per heavy atom. The fourth-order valence-electron chi connectivity index (χ4n) is 3.75. The van der Waals surface area contributed by atoms with Crippen molar-refractivity contribution in [2.45, 2.75) is 20.4 Å². The molecule has 0 fully saturated rings. The topological polar surface area (TPSA) is 49.9 Å². The van der Waals surface area contributed by atoms with Crippen LogP contribution in [0.15, 0.2) is 77.8 Å². The highest BCUT2D eigenvalue weighted by Crippen LogP contribution is 2.40. The maximum Gasteiger partial charge on any atom is 0.282 e. The van der Waals surface area contributed by atoms with Crippen molar-refractivity contribution in [2.75, 3.05) is 18.1 Å². The van der Waals surface area contributed by atoms with E-state index in [1.807, 2.05) is 78.7 Å². The third-order valence-electron chi connectivity index (χ3n) is 5.15. The summed E-state index contributed by atoms with van der Waals surface area (Å²) in [5, 5.41) is 1.92. The van der Waals surface area contributed by atoms with E-state index in [9.17, 15) is 9.59 Å². The molecule has 0 N–H and O–H groups in total. The number of hydrogen-bond donors (Lipinski definition) is 0. The molecule has 1 aliphatic heterocycles. The van der Waals surface area contributed by atoms with E-state index in [1.165, 1.54) is 16.2 Å². The van der Waals surface area contributed by atoms with Crippen molar-refractivity contribution in [1.82, 2.24) is 4.90 Å². The normalized spacial score (nSPS) is 13.8. The van der Waals surface area contributed by atoms with Crippen LogP contribution in [-0.2, 0) is 16.1 Å². The van der Waals surface area contributed by atoms with Gasteiger partial charge in [-0.05, 0) is 43.0 Å². The van der Waals surface area contributed by atoms with Crippen molar-refractivity contribution in [3.8, 4) is 5.75 Å². The second kappa shape index (κ2) is 9.18. The maximum atomic E-state index is 13.7. The molecule has 1 aliphatic rings. The van der Waals surface area contributed by atoms with Gasteiger partial charge in [0.25, 0.3) is 11.8 Å². The number of para-hydroxylation sites is 2. The Labute approximate surface area is 186 Å². The largest absolute Gasteiger partial charge is 0.492 e. The van der Waals surface area contributed by atoms with Gasteiger partial charge in [0.05, 0.1) is 17.9 Å². The smallest absolute Gasteiger partial charge is 0.282 e. The molecule has 0 bridgehead atoms. The highest BCUT2D eigenvalue weighted by molar-refractivity contribution is 7.11. The number of carbonyl (C=O) groups excluding carboxylic acids is 2. The molecule has 0 spiro atoms. The van der Waals surface area contributed by atoms with Gasteiger partial charge >= 0.3 is 0 Å². The molecule has 0 atom stereocenters. The maximum absolute atomic E-state index is 13.7. The number of ether oxygens (including phenoxy) is 1. The molecule has 0 radical (unpaired) electrons. The van der Waals surface area contributed by atoms with Gasteiger partial charge in [-0.3, -0.25) is 9.59 Å². The quantitative estimate of drug-likeness (QED) is 0.473. The van der Waals surface area contributed by atoms with Gasteiger partial charge < -0.3 is 9.64 Å². The van der Waals surface area contributed by atoms with Crippen LogP contribution >= 0.6 is 11.3 Å². The van der Waals surface area contributed by atoms with Gasteiger partial charge in [-0.1, -0.05) is 48.5 Å². The third kappa shape index (κ3) is 3.99. The molecule has 0 unspecified atom stereocenters. The lowest BCUT2D eigenvalue weighted by atomic mass is 10.1. The Hall–Kier alpha value is -3.38. The van der Waals surface area contributed by atoms with Gasteiger partial charge in [0, 0.05) is 18.0 Å². The van der Waals surface area contributed by atoms with E-state index in [0.29, 0.717) is 42.4 Å². The Morgan fingerprint density at radius 2 is 1.65 bits per heavy atom. The molecule has 0 saturated heterocycles. The zero-order valence-corrected chi connectivity index (χ0v) is 18.4. The summed E-state index contributed by atoms with van der Waals surface area (Å²) in [5.41, 5.74) is 2.43. The molecule has 3 aromatic rings. The molecule has 6 heteroatoms. The molecule has 2 amide bonds. The van der Waals surface area contributed by atoms with Crippen LogP contribution in [0.1, 0.15) is 24.3 Å². The average molecular weight is 433 g/mol. The van der Waals surface area contributed by atoms with Gasteiger partial charge in [0.15, 0.2) is 0 Å². The van der Waals surface area contributed by atoms with Gasteiger partial charge in [-0.2, -0.15) is 0 Å². The van der Waals surface area contributed by atoms with Gasteiger partial charge in [-0.25, -0.2) is 4.90 Å². The second-order valence-corrected chi connectivity index (χ2v) is 7.99. The average Bonchev–Trinajstić information content (AvgIpc) is 3.40. The van der Waals surface area contributed by atoms with Crippen LogP contribution in [-0.4, -0.2) is 29.9 Å². The van der Waals surface area contributed by atoms with Crippen molar-refractivity contribution in [2.24, 2.45) is 0 Å². The summed E-state index contributed by atoms with van der Waals surface area (Å²) >= 11 is 1.46. The zero-order chi connectivity index (χ0) is 21.8. The van der Waals surface area contributed by atoms with Crippen LogP contribution in [0, 0.1) is 0 Å². The van der Waals surface area contributed by atoms with Crippen molar-refractivity contribution < 1.29 is 14.3 Å². The zero-order valence-electron chi connectivity index (χ0n) is 17.6. The van der Waals surface area contributed by atoms with Crippen LogP contribution < -0.4 is 9.64 Å². The number of carbonyl (C=O) groups is 2. The number of imide groups is 1. The molecule has 158 valence electrons. The first kappa shape index (κ1) is 20.9. The van der Waals surface area contributed by atoms with Crippen molar-refractivity contribution >= 4 is 34.4 Å². The lowest BCUT2D eigenvalue weighted by Gasteiger charge is -2.25. The fourth-order valence-corrected chi connectivity index (χ4v) is 4.51. The Kier molecular flexibility index (Phi) is 6.18. The van der Waals surface area contributed by atoms with Crippen molar-refractivity contribution in [3.05, 3.63) is 88.2 Å². The van der Waals surface area contributed by atoms with Gasteiger partial charge in [-0.15, -0.1) is 11.3 Å². The molecule has 4 rings (SSSR count). The van der Waals surface area contributed by atoms with E-state index in [2.05, 4.69) is 0 Å². The molecule has 2 aromatic carbocycles. The number of likely N-dealkylation sites (N-methyl/N-ethyl adjacent to an activating group) is 1. The summed E-state index contributed by atoms with van der Waals surface area (Å²) in [5.74, 6) is -0.121. The Bertz CT molecular complexity index is 1110. The molecular formula is C25H24N2O3S. The molecule has 1 aromatic heterocycles. The van der Waals surface area contributed by atoms with Crippen LogP contribution in [0.25, 0.3) is 5.57 Å². The SMILES string of the molecule is CCOc1ccccc1N1C(=O)C(c2cccs2)=C(N(CC)Cc2ccccc2)C1=O. The summed E-state index contributed by atoms with van der Waals surface area (Å²) in [6.07, 6.45) is 0. The van der Waals surface area contributed by atoms with Crippen LogP contribution in [0.3, 0.4) is 0 Å². The van der Waals surface area contributed by atoms with E-state index < -0.39 is 0 Å². The molecule has 0 aliphatic carbocycles. The van der Waals surface area contributed by atoms with E-state index in [1.54, 1.807) is 12.1 Å². The monoisotopic (exact) mass is 432 g/mol. The van der Waals surface area contributed by atoms with E-state index in [-0.39, 0.29) is 11.8 Å². The minimum absolute atomic E-state index is 0.318. The number of benzene rings is 2. The summed E-state index contributed by atoms with van der Waals surface area (Å²) in [6, 6.07) is 20.9. The summed E-state index contributed by atoms with van der Waals surface area (Å²) < 4.78 is 5.71. The lowest BCUT2D eigenvalue weighted by Crippen LogP contribution is -2.35. The first-order valence-corrected chi connectivity index (χ1v) is 11.2. The number of thiophene rings is 1. The minimum Gasteiger partial charge on any atom is -0.492 e. The number of hydrogen-bond acceptors (Lipinski definition) is 5. The first-order valence-electron chi connectivity index (χ1n) is 10.3. The summed E-state index contributed by atoms with van der Waals surface area (Å²) in [4.78, 5) is 31.4. The van der Waals surface area contributed by atoms with Crippen LogP contribution in [0.5, 0.6) is 5.75 Å². The van der Waals surface area contributed by atoms with E-state index in [4.69, 9.17) is 4.74 Å². The van der Waals surface area contributed by atoms with Crippen molar-refractivity contribution in [3.63, 3.8) is 0 Å². The number of amides is 2. The minimum atomic E-state index is -0.321. The Morgan fingerprint density at radius 3 is 2.32 bits per heavy atom. The molecule has 5 nitrogen and oxygen atoms in total. The number of anilines is 1. The molecular weight excluding hydrogens is 408 g/mol. The molecule has 0 saturated carbocycles. The number of rotatable bonds is 8. The van der Waals surface area contributed by atoms with Crippen molar-refractivity contribution in [1.29, 1.82) is 0 Å². The van der Waals surface area contributed by atoms with E-state index in [0.717, 1.165) is 10.4 Å². The molecule has 31 heavy (non-hydrogen) atoms. The highest BCUT2D eigenvalue weighted by Gasteiger charge is 2.43. The summed E-state index contributed by atoms with van der Waals surface area (Å²) in [7, 11) is 0. The third-order valence-corrected chi connectivity index (χ3v) is 6.03. The highest BCUT2D eigenvalue weighted by atomic mass is 32.1. The van der Waals surface area contributed by atoms with Crippen LogP contribution in [0.4, 0.5) is 5.69 Å². The second-order valence-electron chi connectivity index (χ2n) is 7.05. The predicted octanol–water partition coefficient (Wildman–Crippen LogP) is 4.95. The molecule has 2 heterocycles.